The van der Waals surface area contributed by atoms with E-state index in [-0.39, 0.29) is 54.7 Å². The van der Waals surface area contributed by atoms with Crippen LogP contribution in [0.2, 0.25) is 0 Å². The summed E-state index contributed by atoms with van der Waals surface area (Å²) in [5, 5.41) is 0. The summed E-state index contributed by atoms with van der Waals surface area (Å²) in [5.41, 5.74) is 3.15. The van der Waals surface area contributed by atoms with Gasteiger partial charge in [-0.1, -0.05) is 6.07 Å². The van der Waals surface area contributed by atoms with E-state index in [1.807, 2.05) is 36.9 Å². The van der Waals surface area contributed by atoms with Crippen molar-refractivity contribution in [2.24, 2.45) is 5.92 Å². The number of rotatable bonds is 4. The number of hydrogen-bond donors (Lipinski definition) is 0. The normalized spacial score (nSPS) is 24.8. The summed E-state index contributed by atoms with van der Waals surface area (Å²) in [6.07, 6.45) is 3.41. The molecule has 0 aromatic heterocycles. The molecule has 8 heteroatoms. The molecule has 1 aliphatic carbocycles. The Hall–Kier alpha value is -2.90. The van der Waals surface area contributed by atoms with Gasteiger partial charge >= 0.3 is 6.03 Å². The van der Waals surface area contributed by atoms with Gasteiger partial charge in [-0.25, -0.2) is 4.79 Å². The van der Waals surface area contributed by atoms with Gasteiger partial charge in [0.05, 0.1) is 5.92 Å². The standard InChI is InChI=1S/C24H30N4O4/c1-15-3-4-20(11-16(15)2)26-13-17(12-21(26)29)23(31)25-9-7-18(8-10-25)27-14-22(30)28(24(27)32)19-5-6-19/h3-4,11,17-19H,5-10,12-14H2,1-2H3. The van der Waals surface area contributed by atoms with Crippen molar-refractivity contribution >= 4 is 29.4 Å². The molecule has 1 aromatic rings. The van der Waals surface area contributed by atoms with Gasteiger partial charge in [0.1, 0.15) is 6.54 Å². The average molecular weight is 439 g/mol. The molecular weight excluding hydrogens is 408 g/mol. The van der Waals surface area contributed by atoms with Gasteiger partial charge in [0.15, 0.2) is 0 Å². The number of hydrogen-bond acceptors (Lipinski definition) is 4. The SMILES string of the molecule is Cc1ccc(N2CC(C(=O)N3CCC(N4CC(=O)N(C5CC5)C4=O)CC3)CC2=O)cc1C. The maximum absolute atomic E-state index is 13.1. The van der Waals surface area contributed by atoms with Crippen LogP contribution in [0.1, 0.15) is 43.2 Å². The van der Waals surface area contributed by atoms with Crippen molar-refractivity contribution in [2.75, 3.05) is 31.1 Å². The number of likely N-dealkylation sites (tertiary alicyclic amines) is 1. The summed E-state index contributed by atoms with van der Waals surface area (Å²) in [6.45, 7) is 5.74. The zero-order valence-electron chi connectivity index (χ0n) is 18.7. The average Bonchev–Trinajstić information content (AvgIpc) is 3.46. The summed E-state index contributed by atoms with van der Waals surface area (Å²) < 4.78 is 0. The molecule has 0 bridgehead atoms. The van der Waals surface area contributed by atoms with Crippen LogP contribution >= 0.6 is 0 Å². The molecule has 0 N–H and O–H groups in total. The zero-order chi connectivity index (χ0) is 22.6. The van der Waals surface area contributed by atoms with Gasteiger partial charge in [0.25, 0.3) is 5.91 Å². The lowest BCUT2D eigenvalue weighted by molar-refractivity contribution is -0.137. The number of carbonyl (C=O) groups excluding carboxylic acids is 4. The maximum atomic E-state index is 13.1. The highest BCUT2D eigenvalue weighted by Gasteiger charge is 2.47. The van der Waals surface area contributed by atoms with Crippen LogP contribution in [0.25, 0.3) is 0 Å². The van der Waals surface area contributed by atoms with E-state index in [0.29, 0.717) is 32.5 Å². The van der Waals surface area contributed by atoms with Gasteiger partial charge in [-0.05, 0) is 62.8 Å². The van der Waals surface area contributed by atoms with Crippen molar-refractivity contribution in [3.8, 4) is 0 Å². The van der Waals surface area contributed by atoms with Crippen molar-refractivity contribution in [3.63, 3.8) is 0 Å². The maximum Gasteiger partial charge on any atom is 0.327 e. The first-order valence-electron chi connectivity index (χ1n) is 11.6. The summed E-state index contributed by atoms with van der Waals surface area (Å²) in [6, 6.07) is 5.89. The number of piperidine rings is 1. The first-order chi connectivity index (χ1) is 15.3. The number of anilines is 1. The van der Waals surface area contributed by atoms with E-state index in [4.69, 9.17) is 0 Å². The first kappa shape index (κ1) is 21.0. The third-order valence-electron chi connectivity index (χ3n) is 7.43. The Balaban J connectivity index is 1.18. The Morgan fingerprint density at radius 3 is 2.28 bits per heavy atom. The first-order valence-corrected chi connectivity index (χ1v) is 11.6. The van der Waals surface area contributed by atoms with E-state index in [0.717, 1.165) is 24.1 Å². The fourth-order valence-electron chi connectivity index (χ4n) is 5.18. The van der Waals surface area contributed by atoms with Gasteiger partial charge in [0, 0.05) is 43.8 Å². The van der Waals surface area contributed by atoms with Crippen LogP contribution in [0.15, 0.2) is 18.2 Å². The van der Waals surface area contributed by atoms with E-state index < -0.39 is 0 Å². The third-order valence-corrected chi connectivity index (χ3v) is 7.43. The largest absolute Gasteiger partial charge is 0.342 e. The smallest absolute Gasteiger partial charge is 0.327 e. The van der Waals surface area contributed by atoms with Gasteiger partial charge in [-0.15, -0.1) is 0 Å². The number of carbonyl (C=O) groups is 4. The van der Waals surface area contributed by atoms with Crippen LogP contribution in [0.3, 0.4) is 0 Å². The van der Waals surface area contributed by atoms with Crippen molar-refractivity contribution in [1.82, 2.24) is 14.7 Å². The molecule has 3 aliphatic heterocycles. The van der Waals surface area contributed by atoms with Gasteiger partial charge in [-0.2, -0.15) is 0 Å². The Morgan fingerprint density at radius 2 is 1.62 bits per heavy atom. The van der Waals surface area contributed by atoms with Crippen molar-refractivity contribution in [1.29, 1.82) is 0 Å². The molecule has 3 heterocycles. The summed E-state index contributed by atoms with van der Waals surface area (Å²) in [5.74, 6) is -0.415. The van der Waals surface area contributed by atoms with Crippen LogP contribution in [0.4, 0.5) is 10.5 Å². The van der Waals surface area contributed by atoms with Crippen molar-refractivity contribution < 1.29 is 19.2 Å². The molecule has 0 spiro atoms. The molecule has 5 rings (SSSR count). The number of benzene rings is 1. The molecule has 1 aromatic carbocycles. The zero-order valence-corrected chi connectivity index (χ0v) is 18.7. The highest BCUT2D eigenvalue weighted by Crippen LogP contribution is 2.33. The Labute approximate surface area is 188 Å². The second kappa shape index (κ2) is 7.90. The van der Waals surface area contributed by atoms with Gasteiger partial charge in [0.2, 0.25) is 11.8 Å². The van der Waals surface area contributed by atoms with Crippen LogP contribution in [-0.4, -0.2) is 76.7 Å². The van der Waals surface area contributed by atoms with E-state index in [1.165, 1.54) is 10.5 Å². The van der Waals surface area contributed by atoms with E-state index in [2.05, 4.69) is 0 Å². The van der Waals surface area contributed by atoms with Crippen LogP contribution in [0, 0.1) is 19.8 Å². The number of nitrogens with zero attached hydrogens (tertiary/aromatic N) is 4. The summed E-state index contributed by atoms with van der Waals surface area (Å²) in [7, 11) is 0. The molecule has 4 aliphatic rings. The molecule has 170 valence electrons. The molecule has 1 unspecified atom stereocenters. The molecule has 32 heavy (non-hydrogen) atoms. The summed E-state index contributed by atoms with van der Waals surface area (Å²) >= 11 is 0. The number of amides is 5. The number of urea groups is 1. The topological polar surface area (TPSA) is 81.2 Å². The lowest BCUT2D eigenvalue weighted by Crippen LogP contribution is -2.49. The van der Waals surface area contributed by atoms with Crippen molar-refractivity contribution in [3.05, 3.63) is 29.3 Å². The van der Waals surface area contributed by atoms with Crippen molar-refractivity contribution in [2.45, 2.75) is 58.0 Å². The monoisotopic (exact) mass is 438 g/mol. The van der Waals surface area contributed by atoms with E-state index in [9.17, 15) is 19.2 Å². The molecular formula is C24H30N4O4. The van der Waals surface area contributed by atoms with E-state index in [1.54, 1.807) is 9.80 Å². The van der Waals surface area contributed by atoms with Crippen LogP contribution in [0.5, 0.6) is 0 Å². The number of aryl methyl sites for hydroxylation is 2. The van der Waals surface area contributed by atoms with Crippen LogP contribution in [-0.2, 0) is 14.4 Å². The molecule has 1 atom stereocenters. The fraction of sp³-hybridized carbons (Fsp3) is 0.583. The number of imide groups is 1. The minimum atomic E-state index is -0.332. The molecule has 0 radical (unpaired) electrons. The predicted octanol–water partition coefficient (Wildman–Crippen LogP) is 2.07. The predicted molar refractivity (Wildman–Crippen MR) is 118 cm³/mol. The minimum Gasteiger partial charge on any atom is -0.342 e. The Kier molecular flexibility index (Phi) is 5.18. The lowest BCUT2D eigenvalue weighted by atomic mass is 10.0. The second-order valence-electron chi connectivity index (χ2n) is 9.64. The quantitative estimate of drug-likeness (QED) is 0.674. The lowest BCUT2D eigenvalue weighted by Gasteiger charge is -2.37. The molecule has 4 fully saturated rings. The second-order valence-corrected chi connectivity index (χ2v) is 9.64. The van der Waals surface area contributed by atoms with Gasteiger partial charge < -0.3 is 14.7 Å². The highest BCUT2D eigenvalue weighted by molar-refractivity contribution is 6.03. The Bertz CT molecular complexity index is 980. The molecule has 8 nitrogen and oxygen atoms in total. The highest BCUT2D eigenvalue weighted by atomic mass is 16.2. The summed E-state index contributed by atoms with van der Waals surface area (Å²) in [4.78, 5) is 57.4. The van der Waals surface area contributed by atoms with Crippen LogP contribution < -0.4 is 4.90 Å². The Morgan fingerprint density at radius 1 is 0.906 bits per heavy atom. The molecule has 1 saturated carbocycles. The minimum absolute atomic E-state index is 0.00325. The van der Waals surface area contributed by atoms with E-state index >= 15 is 0 Å². The third kappa shape index (κ3) is 3.65. The molecule has 5 amide bonds. The van der Waals surface area contributed by atoms with Gasteiger partial charge in [-0.3, -0.25) is 19.3 Å². The molecule has 3 saturated heterocycles. The fourth-order valence-corrected chi connectivity index (χ4v) is 5.18.